The molecule has 0 spiro atoms. The molecule has 63 heavy (non-hydrogen) atoms. The molecule has 0 saturated carbocycles. The lowest BCUT2D eigenvalue weighted by molar-refractivity contribution is -0.0975. The highest BCUT2D eigenvalue weighted by Crippen LogP contribution is 2.58. The van der Waals surface area contributed by atoms with E-state index in [0.29, 0.717) is 41.6 Å². The van der Waals surface area contributed by atoms with E-state index in [-0.39, 0.29) is 49.8 Å². The third-order valence-electron chi connectivity index (χ3n) is 13.3. The number of nitrogens with one attached hydrogen (secondary N) is 1. The lowest BCUT2D eigenvalue weighted by Crippen LogP contribution is -2.68. The first kappa shape index (κ1) is 42.9. The molecule has 1 fully saturated rings. The number of hydrogen-bond donors (Lipinski definition) is 2. The number of carbonyl (C=O) groups is 1. The van der Waals surface area contributed by atoms with Crippen molar-refractivity contribution >= 4 is 17.9 Å². The minimum atomic E-state index is -0.766. The van der Waals surface area contributed by atoms with Crippen molar-refractivity contribution in [1.82, 2.24) is 15.1 Å². The Labute approximate surface area is 374 Å². The zero-order valence-electron chi connectivity index (χ0n) is 37.0. The molecule has 2 N–H and O–H groups in total. The zero-order valence-corrected chi connectivity index (χ0v) is 37.8. The molecule has 9 rings (SSSR count). The third-order valence-corrected chi connectivity index (χ3v) is 14.4. The number of benzene rings is 4. The van der Waals surface area contributed by atoms with Crippen molar-refractivity contribution < 1.29 is 38.3 Å². The second kappa shape index (κ2) is 17.0. The van der Waals surface area contributed by atoms with Gasteiger partial charge in [-0.15, -0.1) is 0 Å². The molecule has 1 aliphatic carbocycles. The Balaban J connectivity index is 1.11. The maximum atomic E-state index is 13.5. The minimum Gasteiger partial charge on any atom is -0.504 e. The number of hydrogen-bond acceptors (Lipinski definition) is 12. The number of ether oxygens (including phenoxy) is 6. The number of methoxy groups -OCH3 is 1. The topological polar surface area (TPSA) is 135 Å². The second-order valence-electron chi connectivity index (χ2n) is 18.1. The summed E-state index contributed by atoms with van der Waals surface area (Å²) in [4.78, 5) is 18.1. The van der Waals surface area contributed by atoms with Crippen LogP contribution in [0.1, 0.15) is 83.3 Å². The van der Waals surface area contributed by atoms with Gasteiger partial charge in [0.1, 0.15) is 30.2 Å². The smallest absolute Gasteiger partial charge is 0.409 e. The van der Waals surface area contributed by atoms with Gasteiger partial charge in [-0.05, 0) is 87.9 Å². The summed E-state index contributed by atoms with van der Waals surface area (Å²) < 4.78 is 37.5. The van der Waals surface area contributed by atoms with Crippen LogP contribution in [0.4, 0.5) is 4.79 Å². The van der Waals surface area contributed by atoms with E-state index in [4.69, 9.17) is 28.4 Å². The van der Waals surface area contributed by atoms with Crippen LogP contribution in [0, 0.1) is 25.2 Å². The van der Waals surface area contributed by atoms with Gasteiger partial charge in [-0.1, -0.05) is 67.3 Å². The Morgan fingerprint density at radius 2 is 1.75 bits per heavy atom. The number of rotatable bonds is 12. The molecule has 2 bridgehead atoms. The van der Waals surface area contributed by atoms with E-state index >= 15 is 0 Å². The summed E-state index contributed by atoms with van der Waals surface area (Å²) in [7, 11) is 3.62. The SMILES string of the molecule is C=CCOc1c(C)c2c(c3c1CC1[C@@H]4c5c(cc(C)c(OC)c5O)C[C@H]([C@H](C#N)N1[C@H]3COC(CSCC1c3ccccc3-c3ccccc31)NC(=O)OC(C)(C)C)N4C)OCO2. The minimum absolute atomic E-state index is 0.0352. The van der Waals surface area contributed by atoms with Gasteiger partial charge in [0.2, 0.25) is 6.79 Å². The van der Waals surface area contributed by atoms with Crippen molar-refractivity contribution in [2.75, 3.05) is 45.7 Å². The summed E-state index contributed by atoms with van der Waals surface area (Å²) in [5.41, 5.74) is 9.57. The first-order valence-electron chi connectivity index (χ1n) is 21.7. The molecule has 0 aromatic heterocycles. The number of likely N-dealkylation sites (N-methyl/N-ethyl adjacent to an activating group) is 1. The molecule has 4 aromatic rings. The van der Waals surface area contributed by atoms with Crippen LogP contribution in [-0.2, 0) is 22.3 Å². The van der Waals surface area contributed by atoms with E-state index in [2.05, 4.69) is 82.4 Å². The molecule has 6 atom stereocenters. The Hall–Kier alpha value is -5.39. The van der Waals surface area contributed by atoms with Gasteiger partial charge in [0.15, 0.2) is 23.0 Å². The summed E-state index contributed by atoms with van der Waals surface area (Å²) in [6.07, 6.45) is 1.39. The Morgan fingerprint density at radius 1 is 1.05 bits per heavy atom. The molecule has 13 heteroatoms. The average molecular weight is 873 g/mol. The van der Waals surface area contributed by atoms with Gasteiger partial charge >= 0.3 is 6.09 Å². The van der Waals surface area contributed by atoms with Crippen LogP contribution < -0.4 is 24.3 Å². The summed E-state index contributed by atoms with van der Waals surface area (Å²) in [5, 5.41) is 26.3. The van der Waals surface area contributed by atoms with Crippen molar-refractivity contribution in [2.45, 2.75) is 95.4 Å². The molecule has 0 radical (unpaired) electrons. The van der Waals surface area contributed by atoms with Crippen LogP contribution in [0.15, 0.2) is 67.3 Å². The summed E-state index contributed by atoms with van der Waals surface area (Å²) in [6, 6.07) is 19.9. The molecule has 4 aromatic carbocycles. The first-order valence-corrected chi connectivity index (χ1v) is 22.8. The Morgan fingerprint density at radius 3 is 2.41 bits per heavy atom. The lowest BCUT2D eigenvalue weighted by atomic mass is 9.71. The molecule has 330 valence electrons. The number of aromatic hydroxyl groups is 1. The molecule has 2 unspecified atom stereocenters. The fourth-order valence-electron chi connectivity index (χ4n) is 10.8. The van der Waals surface area contributed by atoms with Gasteiger partial charge in [-0.2, -0.15) is 17.0 Å². The van der Waals surface area contributed by atoms with Crippen molar-refractivity contribution in [3.8, 4) is 45.9 Å². The summed E-state index contributed by atoms with van der Waals surface area (Å²) >= 11 is 1.71. The van der Waals surface area contributed by atoms with Gasteiger partial charge in [-0.25, -0.2) is 4.79 Å². The van der Waals surface area contributed by atoms with E-state index in [1.54, 1.807) is 24.9 Å². The second-order valence-corrected chi connectivity index (χ2v) is 19.2. The van der Waals surface area contributed by atoms with E-state index < -0.39 is 30.0 Å². The summed E-state index contributed by atoms with van der Waals surface area (Å²) in [5.74, 6) is 3.81. The fraction of sp³-hybridized carbons (Fsp3) is 0.440. The van der Waals surface area contributed by atoms with E-state index in [9.17, 15) is 15.2 Å². The maximum Gasteiger partial charge on any atom is 0.409 e. The molecule has 12 nitrogen and oxygen atoms in total. The predicted molar refractivity (Wildman–Crippen MR) is 242 cm³/mol. The van der Waals surface area contributed by atoms with Gasteiger partial charge in [0, 0.05) is 51.8 Å². The number of alkyl carbamates (subject to hydrolysis) is 1. The average Bonchev–Trinajstić information content (AvgIpc) is 3.86. The highest BCUT2D eigenvalue weighted by Gasteiger charge is 2.57. The highest BCUT2D eigenvalue weighted by atomic mass is 32.2. The predicted octanol–water partition coefficient (Wildman–Crippen LogP) is 8.50. The van der Waals surface area contributed by atoms with Crippen LogP contribution in [0.5, 0.6) is 28.7 Å². The standard InChI is InChI=1S/C50H56N4O8S/c1-9-18-58-46-28(3)47-48(61-26-60-47)42-34(46)21-37-43-41-29(19-27(2)45(57-8)44(41)55)20-36(53(43)7)38(22-51)54(37)39(42)23-59-40(52-49(56)62-50(4,5)6)25-63-24-35-32-16-12-10-14-30(32)31-15-11-13-17-33(31)35/h9-17,19,35-40,43,55H,1,18,20-21,23-26H2,2-8H3,(H,52,56)/t36-,37?,38+,39+,40?,43-/m1/s1. The first-order chi connectivity index (χ1) is 30.3. The monoisotopic (exact) mass is 872 g/mol. The normalized spacial score (nSPS) is 22.4. The van der Waals surface area contributed by atoms with E-state index in [0.717, 1.165) is 39.1 Å². The van der Waals surface area contributed by atoms with E-state index in [1.165, 1.54) is 22.3 Å². The molecular formula is C50H56N4O8S. The highest BCUT2D eigenvalue weighted by molar-refractivity contribution is 7.99. The van der Waals surface area contributed by atoms with Gasteiger partial charge in [0.25, 0.3) is 0 Å². The Kier molecular flexibility index (Phi) is 11.5. The summed E-state index contributed by atoms with van der Waals surface area (Å²) in [6.45, 7) is 13.7. The van der Waals surface area contributed by atoms with Crippen molar-refractivity contribution in [3.05, 3.63) is 112 Å². The molecule has 1 amide bonds. The molecule has 4 heterocycles. The molecular weight excluding hydrogens is 817 g/mol. The van der Waals surface area contributed by atoms with Crippen LogP contribution in [0.25, 0.3) is 11.1 Å². The van der Waals surface area contributed by atoms with Crippen LogP contribution in [0.2, 0.25) is 0 Å². The van der Waals surface area contributed by atoms with Crippen molar-refractivity contribution in [1.29, 1.82) is 5.26 Å². The number of fused-ring (bicyclic) bond motifs is 12. The largest absolute Gasteiger partial charge is 0.504 e. The number of nitrogens with zero attached hydrogens (tertiary/aromatic N) is 3. The maximum absolute atomic E-state index is 13.5. The van der Waals surface area contributed by atoms with Crippen LogP contribution >= 0.6 is 11.8 Å². The van der Waals surface area contributed by atoms with Gasteiger partial charge < -0.3 is 33.5 Å². The Bertz CT molecular complexity index is 2450. The van der Waals surface area contributed by atoms with Crippen molar-refractivity contribution in [3.63, 3.8) is 0 Å². The molecule has 1 saturated heterocycles. The van der Waals surface area contributed by atoms with Gasteiger partial charge in [-0.3, -0.25) is 15.1 Å². The number of piperazine rings is 1. The van der Waals surface area contributed by atoms with Gasteiger partial charge in [0.05, 0.1) is 31.9 Å². The lowest BCUT2D eigenvalue weighted by Gasteiger charge is -2.60. The van der Waals surface area contributed by atoms with Crippen molar-refractivity contribution in [2.24, 2.45) is 0 Å². The quantitative estimate of drug-likeness (QED) is 0.104. The number of nitriles is 1. The zero-order chi connectivity index (χ0) is 44.3. The number of phenolic OH excluding ortho intramolecular Hbond substituents is 1. The fourth-order valence-corrected chi connectivity index (χ4v) is 12.0. The number of carbonyl (C=O) groups excluding carboxylic acids is 1. The number of aryl methyl sites for hydroxylation is 1. The number of phenols is 1. The van der Waals surface area contributed by atoms with Crippen LogP contribution in [0.3, 0.4) is 0 Å². The molecule has 5 aliphatic rings. The van der Waals surface area contributed by atoms with E-state index in [1.807, 2.05) is 41.7 Å². The number of amides is 1. The van der Waals surface area contributed by atoms with Crippen LogP contribution in [-0.4, -0.2) is 96.6 Å². The molecule has 4 aliphatic heterocycles. The number of thioether (sulfide) groups is 1. The third kappa shape index (κ3) is 7.44.